The Bertz CT molecular complexity index is 3320. The second-order valence-electron chi connectivity index (χ2n) is 26.4. The molecule has 1 aliphatic heterocycles. The molecule has 6 N–H and O–H groups in total. The second kappa shape index (κ2) is 19.7. The monoisotopic (exact) mass is 1070 g/mol. The molecule has 78 heavy (non-hydrogen) atoms. The first-order valence-corrected chi connectivity index (χ1v) is 27.3. The summed E-state index contributed by atoms with van der Waals surface area (Å²) in [5.41, 5.74) is 2.02. The molecular formula is C60H73N7O11. The molecule has 414 valence electrons. The number of H-pyrrole nitrogens is 2. The van der Waals surface area contributed by atoms with E-state index in [0.717, 1.165) is 86.6 Å². The Balaban J connectivity index is 0.000000132. The van der Waals surface area contributed by atoms with Crippen molar-refractivity contribution in [2.75, 3.05) is 0 Å². The molecule has 7 aliphatic rings. The Labute approximate surface area is 453 Å². The van der Waals surface area contributed by atoms with Gasteiger partial charge in [-0.25, -0.2) is 29.4 Å². The highest BCUT2D eigenvalue weighted by Crippen LogP contribution is 2.65. The SMILES string of the molecule is CC(C)(C)OC(=O)NC1CC2(C1)CC(O)(c1n[nH]c(=O)c3ccccc13)C2.CC(C)(C)OC(=O)NC1CC2(C1)CC(c1n[nH]c(=O)c3ccccc13)C2.CC(C)(C)OC(=O)NC1CC2(CC(=C3OC(=O)c4ccccc43)C2)C1. The third-order valence-corrected chi connectivity index (χ3v) is 16.3. The van der Waals surface area contributed by atoms with Crippen molar-refractivity contribution in [3.05, 3.63) is 122 Å². The molecule has 3 amide bonds. The molecule has 18 nitrogen and oxygen atoms in total. The third kappa shape index (κ3) is 11.4. The second-order valence-corrected chi connectivity index (χ2v) is 26.4. The number of carbonyl (C=O) groups excluding carboxylic acids is 4. The molecule has 0 atom stereocenters. The van der Waals surface area contributed by atoms with Crippen LogP contribution in [0, 0.1) is 16.2 Å². The van der Waals surface area contributed by atoms with Crippen molar-refractivity contribution in [3.8, 4) is 0 Å². The number of allylic oxidation sites excluding steroid dienone is 1. The predicted molar refractivity (Wildman–Crippen MR) is 292 cm³/mol. The van der Waals surface area contributed by atoms with Gasteiger partial charge in [0, 0.05) is 40.4 Å². The lowest BCUT2D eigenvalue weighted by Crippen LogP contribution is -2.61. The van der Waals surface area contributed by atoms with Crippen molar-refractivity contribution in [1.29, 1.82) is 0 Å². The largest absolute Gasteiger partial charge is 0.444 e. The normalized spacial score (nSPS) is 28.3. The summed E-state index contributed by atoms with van der Waals surface area (Å²) in [6.07, 6.45) is 9.61. The van der Waals surface area contributed by atoms with Crippen LogP contribution in [0.5, 0.6) is 0 Å². The number of nitrogens with zero attached hydrogens (tertiary/aromatic N) is 2. The smallest absolute Gasteiger partial charge is 0.407 e. The summed E-state index contributed by atoms with van der Waals surface area (Å²) in [6.45, 7) is 16.7. The zero-order valence-electron chi connectivity index (χ0n) is 46.1. The molecule has 2 aromatic heterocycles. The Hall–Kier alpha value is -7.08. The van der Waals surface area contributed by atoms with Crippen LogP contribution in [-0.2, 0) is 24.5 Å². The van der Waals surface area contributed by atoms with E-state index in [2.05, 4.69) is 36.3 Å². The van der Waals surface area contributed by atoms with Crippen LogP contribution < -0.4 is 27.1 Å². The maximum atomic E-state index is 12.0. The quantitative estimate of drug-likeness (QED) is 0.0709. The summed E-state index contributed by atoms with van der Waals surface area (Å²) in [7, 11) is 0. The number of carbonyl (C=O) groups is 4. The fraction of sp³-hybridized carbons (Fsp3) is 0.533. The van der Waals surface area contributed by atoms with Gasteiger partial charge in [0.25, 0.3) is 11.1 Å². The van der Waals surface area contributed by atoms with Crippen molar-refractivity contribution in [2.45, 2.75) is 186 Å². The summed E-state index contributed by atoms with van der Waals surface area (Å²) in [5.74, 6) is 0.881. The zero-order chi connectivity index (χ0) is 55.8. The van der Waals surface area contributed by atoms with Crippen LogP contribution in [0.3, 0.4) is 0 Å². The molecule has 6 saturated carbocycles. The molecule has 0 bridgehead atoms. The number of ether oxygens (including phenoxy) is 4. The first kappa shape index (κ1) is 54.3. The van der Waals surface area contributed by atoms with Crippen molar-refractivity contribution >= 4 is 51.6 Å². The summed E-state index contributed by atoms with van der Waals surface area (Å²) < 4.78 is 21.4. The molecule has 0 unspecified atom stereocenters. The summed E-state index contributed by atoms with van der Waals surface area (Å²) in [6, 6.07) is 22.8. The minimum absolute atomic E-state index is 0.0212. The van der Waals surface area contributed by atoms with E-state index in [4.69, 9.17) is 18.9 Å². The molecule has 18 heteroatoms. The number of rotatable bonds is 5. The first-order chi connectivity index (χ1) is 36.6. The van der Waals surface area contributed by atoms with E-state index in [1.807, 2.05) is 123 Å². The van der Waals surface area contributed by atoms with Gasteiger partial charge in [-0.3, -0.25) is 9.59 Å². The number of esters is 1. The number of nitrogens with one attached hydrogen (secondary N) is 5. The molecule has 12 rings (SSSR count). The Morgan fingerprint density at radius 3 is 1.46 bits per heavy atom. The molecule has 3 spiro atoms. The third-order valence-electron chi connectivity index (χ3n) is 16.3. The number of aromatic amines is 2. The lowest BCUT2D eigenvalue weighted by atomic mass is 9.47. The van der Waals surface area contributed by atoms with Gasteiger partial charge in [-0.15, -0.1) is 0 Å². The van der Waals surface area contributed by atoms with Crippen LogP contribution >= 0.6 is 0 Å². The van der Waals surface area contributed by atoms with Crippen LogP contribution in [-0.4, -0.2) is 84.7 Å². The number of amides is 3. The number of aromatic nitrogens is 4. The van der Waals surface area contributed by atoms with E-state index < -0.39 is 28.5 Å². The molecule has 0 saturated heterocycles. The number of aliphatic hydroxyl groups is 1. The molecule has 5 aromatic rings. The van der Waals surface area contributed by atoms with Gasteiger partial charge in [0.1, 0.15) is 33.9 Å². The first-order valence-electron chi connectivity index (χ1n) is 27.3. The highest BCUT2D eigenvalue weighted by atomic mass is 16.6. The van der Waals surface area contributed by atoms with Gasteiger partial charge in [0.05, 0.1) is 22.0 Å². The van der Waals surface area contributed by atoms with Crippen LogP contribution in [0.4, 0.5) is 14.4 Å². The minimum atomic E-state index is -1.04. The van der Waals surface area contributed by atoms with E-state index in [1.54, 1.807) is 12.1 Å². The fourth-order valence-electron chi connectivity index (χ4n) is 13.4. The lowest BCUT2D eigenvalue weighted by molar-refractivity contribution is -0.179. The van der Waals surface area contributed by atoms with Crippen LogP contribution in [0.15, 0.2) is 88.0 Å². The van der Waals surface area contributed by atoms with Gasteiger partial charge in [0.15, 0.2) is 0 Å². The predicted octanol–water partition coefficient (Wildman–Crippen LogP) is 10.1. The standard InChI is InChI=1S/C20H25N3O4.C20H25N3O3.C20H23NO4/c1-18(2,3)27-17(25)21-12-8-19(9-12)10-20(26,11-19)15-13-6-4-5-7-14(13)16(24)23-22-15;1-19(2,3)26-18(25)21-13-10-20(11-13)8-12(9-20)16-14-6-4-5-7-15(14)17(24)23-22-16;1-19(2,3)25-18(23)21-13-10-20(11-13)8-12(9-20)16-14-6-4-5-7-15(14)17(22)24-16/h4-7,12,26H,8-11H2,1-3H3,(H,21,25)(H,23,24);4-7,12-13H,8-11H2,1-3H3,(H,21,25)(H,23,24);4-7,13H,8-11H2,1-3H3,(H,21,23). The maximum absolute atomic E-state index is 12.0. The van der Waals surface area contributed by atoms with Crippen molar-refractivity contribution in [1.82, 2.24) is 36.3 Å². The molecular weight excluding hydrogens is 995 g/mol. The average molecular weight is 1070 g/mol. The summed E-state index contributed by atoms with van der Waals surface area (Å²) >= 11 is 0. The van der Waals surface area contributed by atoms with Gasteiger partial charge in [0.2, 0.25) is 0 Å². The van der Waals surface area contributed by atoms with E-state index in [0.29, 0.717) is 51.6 Å². The van der Waals surface area contributed by atoms with E-state index in [9.17, 15) is 33.9 Å². The number of alkyl carbamates (subject to hydrolysis) is 3. The Kier molecular flexibility index (Phi) is 13.7. The topological polar surface area (TPSA) is 253 Å². The van der Waals surface area contributed by atoms with Crippen molar-refractivity contribution in [3.63, 3.8) is 0 Å². The molecule has 0 radical (unpaired) electrons. The molecule has 6 aliphatic carbocycles. The highest BCUT2D eigenvalue weighted by Gasteiger charge is 2.62. The van der Waals surface area contributed by atoms with E-state index in [1.165, 1.54) is 5.57 Å². The minimum Gasteiger partial charge on any atom is -0.444 e. The fourth-order valence-corrected chi connectivity index (χ4v) is 13.4. The van der Waals surface area contributed by atoms with Gasteiger partial charge < -0.3 is 40.0 Å². The maximum Gasteiger partial charge on any atom is 0.407 e. The molecule has 3 aromatic carbocycles. The number of cyclic esters (lactones) is 1. The van der Waals surface area contributed by atoms with E-state index >= 15 is 0 Å². The molecule has 3 heterocycles. The Morgan fingerprint density at radius 2 is 0.962 bits per heavy atom. The average Bonchev–Trinajstić information content (AvgIpc) is 3.74. The van der Waals surface area contributed by atoms with Gasteiger partial charge in [-0.2, -0.15) is 10.2 Å². The Morgan fingerprint density at radius 1 is 0.551 bits per heavy atom. The van der Waals surface area contributed by atoms with Crippen LogP contribution in [0.1, 0.15) is 173 Å². The number of fused-ring (bicyclic) bond motifs is 3. The number of hydrogen-bond donors (Lipinski definition) is 6. The summed E-state index contributed by atoms with van der Waals surface area (Å²) in [4.78, 5) is 71.4. The zero-order valence-corrected chi connectivity index (χ0v) is 46.1. The number of benzene rings is 3. The lowest BCUT2D eigenvalue weighted by Gasteiger charge is -2.61. The van der Waals surface area contributed by atoms with Crippen LogP contribution in [0.25, 0.3) is 27.3 Å². The molecule has 6 fully saturated rings. The van der Waals surface area contributed by atoms with Crippen molar-refractivity contribution < 1.29 is 43.2 Å². The van der Waals surface area contributed by atoms with Gasteiger partial charge in [-0.1, -0.05) is 54.6 Å². The van der Waals surface area contributed by atoms with Gasteiger partial charge >= 0.3 is 24.2 Å². The highest BCUT2D eigenvalue weighted by molar-refractivity contribution is 6.03. The van der Waals surface area contributed by atoms with Gasteiger partial charge in [-0.05, 0) is 179 Å². The van der Waals surface area contributed by atoms with E-state index in [-0.39, 0.29) is 58.2 Å². The van der Waals surface area contributed by atoms with Crippen molar-refractivity contribution in [2.24, 2.45) is 16.2 Å². The van der Waals surface area contributed by atoms with Crippen LogP contribution in [0.2, 0.25) is 0 Å². The number of hydrogen-bond acceptors (Lipinski definition) is 13. The summed E-state index contributed by atoms with van der Waals surface area (Å²) in [5, 5.41) is 36.4.